The smallest absolute Gasteiger partial charge is 0.0726 e. The van der Waals surface area contributed by atoms with Crippen LogP contribution in [0.1, 0.15) is 23.2 Å². The van der Waals surface area contributed by atoms with Crippen molar-refractivity contribution in [1.29, 1.82) is 0 Å². The van der Waals surface area contributed by atoms with Gasteiger partial charge in [-0.3, -0.25) is 4.98 Å². The number of aryl methyl sites for hydroxylation is 1. The van der Waals surface area contributed by atoms with E-state index in [0.29, 0.717) is 0 Å². The molecule has 0 radical (unpaired) electrons. The van der Waals surface area contributed by atoms with Crippen molar-refractivity contribution >= 4 is 29.0 Å². The van der Waals surface area contributed by atoms with E-state index in [9.17, 15) is 0 Å². The molecule has 1 aromatic heterocycles. The van der Waals surface area contributed by atoms with Gasteiger partial charge in [0.2, 0.25) is 0 Å². The molecule has 0 fully saturated rings. The molecule has 1 aliphatic carbocycles. The van der Waals surface area contributed by atoms with Crippen molar-refractivity contribution < 1.29 is 0 Å². The number of fused-ring (bicyclic) bond motifs is 2. The summed E-state index contributed by atoms with van der Waals surface area (Å²) in [6.45, 7) is 0.862. The summed E-state index contributed by atoms with van der Waals surface area (Å²) in [4.78, 5) is 4.83. The first-order valence-corrected chi connectivity index (χ1v) is 7.60. The first-order chi connectivity index (χ1) is 10.4. The summed E-state index contributed by atoms with van der Waals surface area (Å²) in [5.41, 5.74) is 6.41. The van der Waals surface area contributed by atoms with E-state index in [-0.39, 0.29) is 12.4 Å². The summed E-state index contributed by atoms with van der Waals surface area (Å²) in [5.74, 6) is 0. The monoisotopic (exact) mass is 310 g/mol. The van der Waals surface area contributed by atoms with Crippen molar-refractivity contribution in [1.82, 2.24) is 4.98 Å². The normalized spacial score (nSPS) is 12.7. The van der Waals surface area contributed by atoms with Crippen LogP contribution < -0.4 is 5.32 Å². The zero-order valence-corrected chi connectivity index (χ0v) is 13.2. The fraction of sp³-hybridized carbons (Fsp3) is 0.211. The lowest BCUT2D eigenvalue weighted by Gasteiger charge is -2.14. The van der Waals surface area contributed by atoms with Gasteiger partial charge in [-0.25, -0.2) is 0 Å². The highest BCUT2D eigenvalue weighted by molar-refractivity contribution is 5.93. The molecule has 3 aromatic rings. The molecule has 22 heavy (non-hydrogen) atoms. The van der Waals surface area contributed by atoms with E-state index in [1.54, 1.807) is 0 Å². The number of nitrogens with one attached hydrogen (secondary N) is 1. The summed E-state index contributed by atoms with van der Waals surface area (Å²) in [6.07, 6.45) is 3.48. The molecule has 0 saturated carbocycles. The van der Waals surface area contributed by atoms with Crippen LogP contribution in [0.25, 0.3) is 10.9 Å². The molecule has 2 aromatic carbocycles. The molecular weight excluding hydrogens is 292 g/mol. The lowest BCUT2D eigenvalue weighted by molar-refractivity contribution is 0.901. The average molecular weight is 311 g/mol. The minimum absolute atomic E-state index is 0. The van der Waals surface area contributed by atoms with E-state index in [4.69, 9.17) is 4.98 Å². The van der Waals surface area contributed by atoms with Crippen molar-refractivity contribution in [3.8, 4) is 0 Å². The summed E-state index contributed by atoms with van der Waals surface area (Å²) in [5, 5.41) is 4.91. The number of nitrogens with zero attached hydrogens (tertiary/aromatic N) is 1. The number of anilines is 1. The molecule has 0 spiro atoms. The lowest BCUT2D eigenvalue weighted by atomic mass is 10.1. The van der Waals surface area contributed by atoms with Crippen LogP contribution in [-0.2, 0) is 19.4 Å². The molecule has 0 atom stereocenters. The summed E-state index contributed by atoms with van der Waals surface area (Å²) < 4.78 is 0. The van der Waals surface area contributed by atoms with Crippen molar-refractivity contribution in [3.05, 3.63) is 71.4 Å². The molecule has 4 rings (SSSR count). The highest BCUT2D eigenvalue weighted by Crippen LogP contribution is 2.34. The molecule has 0 bridgehead atoms. The Morgan fingerprint density at radius 1 is 0.909 bits per heavy atom. The van der Waals surface area contributed by atoms with Gasteiger partial charge in [-0.1, -0.05) is 48.5 Å². The number of benzene rings is 2. The molecule has 1 aliphatic rings. The fourth-order valence-electron chi connectivity index (χ4n) is 3.20. The predicted molar refractivity (Wildman–Crippen MR) is 94.8 cm³/mol. The molecule has 2 nitrogen and oxygen atoms in total. The van der Waals surface area contributed by atoms with Gasteiger partial charge in [0.1, 0.15) is 0 Å². The van der Waals surface area contributed by atoms with E-state index in [1.807, 2.05) is 0 Å². The molecule has 0 aliphatic heterocycles. The Balaban J connectivity index is 0.00000144. The third-order valence-electron chi connectivity index (χ3n) is 4.23. The Hall–Kier alpha value is -2.06. The summed E-state index contributed by atoms with van der Waals surface area (Å²) in [6, 6.07) is 19.0. The first-order valence-electron chi connectivity index (χ1n) is 7.60. The third kappa shape index (κ3) is 2.67. The van der Waals surface area contributed by atoms with Crippen molar-refractivity contribution in [2.75, 3.05) is 5.32 Å². The van der Waals surface area contributed by atoms with Gasteiger partial charge in [-0.15, -0.1) is 12.4 Å². The van der Waals surface area contributed by atoms with Crippen LogP contribution in [0.3, 0.4) is 0 Å². The van der Waals surface area contributed by atoms with Gasteiger partial charge in [-0.2, -0.15) is 0 Å². The molecule has 0 saturated heterocycles. The van der Waals surface area contributed by atoms with Crippen LogP contribution in [0.4, 0.5) is 5.69 Å². The largest absolute Gasteiger partial charge is 0.380 e. The van der Waals surface area contributed by atoms with Gasteiger partial charge < -0.3 is 5.32 Å². The van der Waals surface area contributed by atoms with Crippen LogP contribution in [0.2, 0.25) is 0 Å². The number of aromatic nitrogens is 1. The highest BCUT2D eigenvalue weighted by Gasteiger charge is 2.19. The average Bonchev–Trinajstić information content (AvgIpc) is 3.00. The summed E-state index contributed by atoms with van der Waals surface area (Å²) >= 11 is 0. The predicted octanol–water partition coefficient (Wildman–Crippen LogP) is 4.76. The Morgan fingerprint density at radius 2 is 1.68 bits per heavy atom. The number of pyridine rings is 1. The van der Waals surface area contributed by atoms with Crippen LogP contribution in [0, 0.1) is 0 Å². The molecular formula is C19H19ClN2. The second-order valence-electron chi connectivity index (χ2n) is 5.62. The fourth-order valence-corrected chi connectivity index (χ4v) is 3.20. The van der Waals surface area contributed by atoms with E-state index in [2.05, 4.69) is 59.9 Å². The Bertz CT molecular complexity index is 784. The number of hydrogen-bond donors (Lipinski definition) is 1. The Labute approximate surface area is 137 Å². The number of hydrogen-bond acceptors (Lipinski definition) is 2. The van der Waals surface area contributed by atoms with E-state index in [0.717, 1.165) is 24.9 Å². The van der Waals surface area contributed by atoms with Crippen molar-refractivity contribution in [2.45, 2.75) is 25.8 Å². The Morgan fingerprint density at radius 3 is 2.55 bits per heavy atom. The van der Waals surface area contributed by atoms with Crippen molar-refractivity contribution in [3.63, 3.8) is 0 Å². The van der Waals surface area contributed by atoms with Gasteiger partial charge >= 0.3 is 0 Å². The van der Waals surface area contributed by atoms with Crippen LogP contribution in [0.15, 0.2) is 54.6 Å². The quantitative estimate of drug-likeness (QED) is 0.754. The first kappa shape index (κ1) is 14.9. The second kappa shape index (κ2) is 6.37. The zero-order chi connectivity index (χ0) is 14.1. The molecule has 0 amide bonds. The van der Waals surface area contributed by atoms with Gasteiger partial charge in [0.05, 0.1) is 5.52 Å². The highest BCUT2D eigenvalue weighted by atomic mass is 35.5. The SMILES string of the molecule is Cl.c1ccc(CNc2c3c(nc4ccccc24)CCC3)cc1. The van der Waals surface area contributed by atoms with E-state index < -0.39 is 0 Å². The number of halogens is 1. The van der Waals surface area contributed by atoms with Crippen LogP contribution >= 0.6 is 12.4 Å². The topological polar surface area (TPSA) is 24.9 Å². The van der Waals surface area contributed by atoms with Crippen molar-refractivity contribution in [2.24, 2.45) is 0 Å². The molecule has 1 N–H and O–H groups in total. The standard InChI is InChI=1S/C19H18N2.ClH/c1-2-7-14(8-3-1)13-20-19-15-9-4-5-11-17(15)21-18-12-6-10-16(18)19;/h1-5,7-9,11H,6,10,12-13H2,(H,20,21);1H. The number of rotatable bonds is 3. The van der Waals surface area contributed by atoms with E-state index in [1.165, 1.54) is 34.3 Å². The van der Waals surface area contributed by atoms with Crippen LogP contribution in [0.5, 0.6) is 0 Å². The van der Waals surface area contributed by atoms with Crippen LogP contribution in [-0.4, -0.2) is 4.98 Å². The third-order valence-corrected chi connectivity index (χ3v) is 4.23. The minimum atomic E-state index is 0. The molecule has 3 heteroatoms. The summed E-state index contributed by atoms with van der Waals surface area (Å²) in [7, 11) is 0. The van der Waals surface area contributed by atoms with E-state index >= 15 is 0 Å². The zero-order valence-electron chi connectivity index (χ0n) is 12.4. The maximum absolute atomic E-state index is 4.83. The van der Waals surface area contributed by atoms with Gasteiger partial charge in [0, 0.05) is 23.3 Å². The Kier molecular flexibility index (Phi) is 4.30. The van der Waals surface area contributed by atoms with Gasteiger partial charge in [0.15, 0.2) is 0 Å². The van der Waals surface area contributed by atoms with Gasteiger partial charge in [0.25, 0.3) is 0 Å². The molecule has 1 heterocycles. The number of para-hydroxylation sites is 1. The second-order valence-corrected chi connectivity index (χ2v) is 5.62. The molecule has 112 valence electrons. The van der Waals surface area contributed by atoms with Gasteiger partial charge in [-0.05, 0) is 36.5 Å². The minimum Gasteiger partial charge on any atom is -0.380 e. The maximum Gasteiger partial charge on any atom is 0.0726 e. The lowest BCUT2D eigenvalue weighted by Crippen LogP contribution is -2.04. The maximum atomic E-state index is 4.83. The molecule has 0 unspecified atom stereocenters.